The number of ether oxygens (including phenoxy) is 1. The van der Waals surface area contributed by atoms with Crippen molar-refractivity contribution in [1.29, 1.82) is 0 Å². The Labute approximate surface area is 195 Å². The number of nitrogens with zero attached hydrogens (tertiary/aromatic N) is 3. The van der Waals surface area contributed by atoms with E-state index < -0.39 is 39.7 Å². The van der Waals surface area contributed by atoms with Gasteiger partial charge in [0.1, 0.15) is 5.82 Å². The number of fused-ring (bicyclic) bond motifs is 1. The Hall–Kier alpha value is -4.12. The highest BCUT2D eigenvalue weighted by molar-refractivity contribution is 7.07. The predicted molar refractivity (Wildman–Crippen MR) is 122 cm³/mol. The second-order valence-corrected chi connectivity index (χ2v) is 8.34. The van der Waals surface area contributed by atoms with E-state index in [1.807, 2.05) is 0 Å². The fourth-order valence-electron chi connectivity index (χ4n) is 3.71. The lowest BCUT2D eigenvalue weighted by Gasteiger charge is -2.24. The zero-order chi connectivity index (χ0) is 24.6. The summed E-state index contributed by atoms with van der Waals surface area (Å²) in [6.45, 7) is 3.38. The Morgan fingerprint density at radius 1 is 1.32 bits per heavy atom. The Bertz CT molecular complexity index is 1520. The number of hydrogen-bond acceptors (Lipinski definition) is 8. The lowest BCUT2D eigenvalue weighted by molar-refractivity contribution is -0.385. The first-order chi connectivity index (χ1) is 16.2. The van der Waals surface area contributed by atoms with E-state index in [0.29, 0.717) is 11.3 Å². The van der Waals surface area contributed by atoms with Crippen LogP contribution in [0.3, 0.4) is 0 Å². The van der Waals surface area contributed by atoms with Crippen LogP contribution in [0.15, 0.2) is 63.5 Å². The van der Waals surface area contributed by atoms with Crippen LogP contribution in [-0.4, -0.2) is 27.2 Å². The molecule has 0 aliphatic carbocycles. The molecule has 34 heavy (non-hydrogen) atoms. The quantitative estimate of drug-likeness (QED) is 0.338. The third kappa shape index (κ3) is 4.01. The van der Waals surface area contributed by atoms with Crippen LogP contribution < -0.4 is 14.9 Å². The highest BCUT2D eigenvalue weighted by Crippen LogP contribution is 2.31. The monoisotopic (exact) mass is 483 g/mol. The van der Waals surface area contributed by atoms with Gasteiger partial charge in [-0.3, -0.25) is 19.5 Å². The molecule has 1 aliphatic heterocycles. The summed E-state index contributed by atoms with van der Waals surface area (Å²) in [6.07, 6.45) is 1.33. The fraction of sp³-hybridized carbons (Fsp3) is 0.174. The molecule has 0 amide bonds. The van der Waals surface area contributed by atoms with Crippen LogP contribution in [0.25, 0.3) is 6.08 Å². The first kappa shape index (κ1) is 23.1. The van der Waals surface area contributed by atoms with Crippen molar-refractivity contribution in [3.63, 3.8) is 0 Å². The summed E-state index contributed by atoms with van der Waals surface area (Å²) in [5, 5.41) is 21.4. The molecule has 0 saturated carbocycles. The molecular formula is C23H18FN3O6S. The minimum absolute atomic E-state index is 0.0825. The zero-order valence-corrected chi connectivity index (χ0v) is 18.8. The third-order valence-electron chi connectivity index (χ3n) is 5.23. The van der Waals surface area contributed by atoms with Gasteiger partial charge in [0.05, 0.1) is 33.4 Å². The number of hydrogen-bond donors (Lipinski definition) is 1. The smallest absolute Gasteiger partial charge is 0.338 e. The molecule has 1 aromatic heterocycles. The lowest BCUT2D eigenvalue weighted by atomic mass is 9.96. The zero-order valence-electron chi connectivity index (χ0n) is 18.0. The highest BCUT2D eigenvalue weighted by atomic mass is 32.1. The second-order valence-electron chi connectivity index (χ2n) is 7.33. The van der Waals surface area contributed by atoms with E-state index in [4.69, 9.17) is 4.74 Å². The van der Waals surface area contributed by atoms with Gasteiger partial charge in [-0.2, -0.15) is 0 Å². The molecule has 2 heterocycles. The van der Waals surface area contributed by atoms with Crippen molar-refractivity contribution in [1.82, 2.24) is 4.57 Å². The van der Waals surface area contributed by atoms with E-state index in [0.717, 1.165) is 17.4 Å². The fourth-order valence-corrected chi connectivity index (χ4v) is 4.74. The van der Waals surface area contributed by atoms with E-state index in [1.54, 1.807) is 13.8 Å². The topological polar surface area (TPSA) is 124 Å². The van der Waals surface area contributed by atoms with Crippen molar-refractivity contribution < 1.29 is 24.0 Å². The highest BCUT2D eigenvalue weighted by Gasteiger charge is 2.33. The molecule has 3 aromatic rings. The van der Waals surface area contributed by atoms with Gasteiger partial charge in [-0.25, -0.2) is 14.2 Å². The van der Waals surface area contributed by atoms with E-state index in [9.17, 15) is 29.2 Å². The van der Waals surface area contributed by atoms with E-state index >= 15 is 0 Å². The van der Waals surface area contributed by atoms with Crippen LogP contribution in [0.4, 0.5) is 10.1 Å². The van der Waals surface area contributed by atoms with Crippen LogP contribution in [-0.2, 0) is 9.53 Å². The predicted octanol–water partition coefficient (Wildman–Crippen LogP) is 2.55. The molecule has 9 nitrogen and oxygen atoms in total. The number of benzene rings is 2. The molecule has 0 spiro atoms. The number of phenolic OH excluding ortho intramolecular Hbond substituents is 1. The summed E-state index contributed by atoms with van der Waals surface area (Å²) >= 11 is 0.999. The van der Waals surface area contributed by atoms with Crippen LogP contribution in [0.2, 0.25) is 0 Å². The molecule has 0 unspecified atom stereocenters. The van der Waals surface area contributed by atoms with Gasteiger partial charge in [0.15, 0.2) is 4.80 Å². The number of esters is 1. The molecule has 174 valence electrons. The SMILES string of the molecule is CCOC(=O)C1=C(C)N=c2sc(=Cc3cccc([N+](=O)[O-])c3O)c(=O)n2[C@@H]1c1ccc(F)cc1. The van der Waals surface area contributed by atoms with Crippen molar-refractivity contribution in [2.24, 2.45) is 4.99 Å². The van der Waals surface area contributed by atoms with Gasteiger partial charge in [0.25, 0.3) is 5.56 Å². The third-order valence-corrected chi connectivity index (χ3v) is 6.21. The largest absolute Gasteiger partial charge is 0.502 e. The van der Waals surface area contributed by atoms with Gasteiger partial charge in [0.2, 0.25) is 5.75 Å². The Kier molecular flexibility index (Phi) is 6.12. The van der Waals surface area contributed by atoms with Crippen LogP contribution in [0.1, 0.15) is 31.0 Å². The molecule has 11 heteroatoms. The van der Waals surface area contributed by atoms with Crippen LogP contribution >= 0.6 is 11.3 Å². The maximum Gasteiger partial charge on any atom is 0.338 e. The van der Waals surface area contributed by atoms with Gasteiger partial charge in [-0.05, 0) is 37.6 Å². The normalized spacial score (nSPS) is 15.6. The molecular weight excluding hydrogens is 465 g/mol. The first-order valence-electron chi connectivity index (χ1n) is 10.1. The minimum Gasteiger partial charge on any atom is -0.502 e. The van der Waals surface area contributed by atoms with Crippen molar-refractivity contribution in [3.05, 3.63) is 100 Å². The average molecular weight is 483 g/mol. The summed E-state index contributed by atoms with van der Waals surface area (Å²) < 4.78 is 20.2. The molecule has 1 atom stereocenters. The number of aromatic nitrogens is 1. The summed E-state index contributed by atoms with van der Waals surface area (Å²) in [4.78, 5) is 41.4. The van der Waals surface area contributed by atoms with Gasteiger partial charge < -0.3 is 9.84 Å². The number of phenols is 1. The maximum absolute atomic E-state index is 13.6. The van der Waals surface area contributed by atoms with Gasteiger partial charge in [-0.1, -0.05) is 35.6 Å². The number of allylic oxidation sites excluding steroid dienone is 1. The number of nitro groups is 1. The number of carbonyl (C=O) groups is 1. The molecule has 0 bridgehead atoms. The van der Waals surface area contributed by atoms with Crippen molar-refractivity contribution in [3.8, 4) is 5.75 Å². The summed E-state index contributed by atoms with van der Waals surface area (Å²) in [6, 6.07) is 8.46. The number of carbonyl (C=O) groups excluding carboxylic acids is 1. The maximum atomic E-state index is 13.6. The van der Waals surface area contributed by atoms with Gasteiger partial charge in [0, 0.05) is 11.6 Å². The molecule has 0 saturated heterocycles. The van der Waals surface area contributed by atoms with Crippen molar-refractivity contribution in [2.45, 2.75) is 19.9 Å². The van der Waals surface area contributed by atoms with Gasteiger partial charge in [-0.15, -0.1) is 0 Å². The van der Waals surface area contributed by atoms with Gasteiger partial charge >= 0.3 is 11.7 Å². The van der Waals surface area contributed by atoms with Crippen LogP contribution in [0.5, 0.6) is 5.75 Å². The Balaban J connectivity index is 1.97. The molecule has 2 aromatic carbocycles. The van der Waals surface area contributed by atoms with E-state index in [2.05, 4.69) is 4.99 Å². The molecule has 0 fully saturated rings. The number of para-hydroxylation sites is 1. The summed E-state index contributed by atoms with van der Waals surface area (Å²) in [7, 11) is 0. The number of nitro benzene ring substituents is 1. The second kappa shape index (κ2) is 9.02. The van der Waals surface area contributed by atoms with E-state index in [1.165, 1.54) is 47.0 Å². The lowest BCUT2D eigenvalue weighted by Crippen LogP contribution is -2.39. The van der Waals surface area contributed by atoms with Crippen molar-refractivity contribution >= 4 is 29.1 Å². The summed E-state index contributed by atoms with van der Waals surface area (Å²) in [5.41, 5.74) is 0.0255. The Morgan fingerprint density at radius 3 is 2.68 bits per heavy atom. The average Bonchev–Trinajstić information content (AvgIpc) is 3.09. The number of thiazole rings is 1. The van der Waals surface area contributed by atoms with E-state index in [-0.39, 0.29) is 27.1 Å². The van der Waals surface area contributed by atoms with Crippen molar-refractivity contribution in [2.75, 3.05) is 6.61 Å². The Morgan fingerprint density at radius 2 is 2.03 bits per heavy atom. The molecule has 0 radical (unpaired) electrons. The molecule has 1 N–H and O–H groups in total. The number of rotatable bonds is 5. The minimum atomic E-state index is -0.920. The number of aromatic hydroxyl groups is 1. The molecule has 1 aliphatic rings. The standard InChI is InChI=1S/C23H18FN3O6S/c1-3-33-22(30)18-12(2)25-23-26(19(18)13-7-9-15(24)10-8-13)21(29)17(34-23)11-14-5-4-6-16(20(14)28)27(31)32/h4-11,19,28H,3H2,1-2H3/t19-/m1/s1. The first-order valence-corrected chi connectivity index (χ1v) is 11.0. The molecule has 4 rings (SSSR count). The number of halogens is 1. The summed E-state index contributed by atoms with van der Waals surface area (Å²) in [5.74, 6) is -1.70. The van der Waals surface area contributed by atoms with Crippen LogP contribution in [0, 0.1) is 15.9 Å².